The largest absolute Gasteiger partial charge is 0.375 e. The molecule has 2 N–H and O–H groups in total. The molecule has 0 saturated heterocycles. The van der Waals surface area contributed by atoms with Gasteiger partial charge in [0.25, 0.3) is 0 Å². The number of anilines is 1. The van der Waals surface area contributed by atoms with E-state index in [4.69, 9.17) is 17.3 Å². The van der Waals surface area contributed by atoms with Crippen LogP contribution in [0.15, 0.2) is 18.2 Å². The summed E-state index contributed by atoms with van der Waals surface area (Å²) in [4.78, 5) is 5.13. The molecule has 2 aromatic rings. The van der Waals surface area contributed by atoms with Crippen molar-refractivity contribution in [3.8, 4) is 0 Å². The standard InChI is InChI=1S/C12H12ClFN2S/c1-6(11-7(2)16-12(15)17-11)9-5-8(13)3-4-10(9)14/h3-6H,1-2H3,(H2,15,16). The molecule has 17 heavy (non-hydrogen) atoms. The molecule has 1 heterocycles. The molecule has 2 rings (SSSR count). The molecule has 0 aliphatic rings. The van der Waals surface area contributed by atoms with Crippen molar-refractivity contribution in [3.63, 3.8) is 0 Å². The van der Waals surface area contributed by atoms with Gasteiger partial charge in [-0.15, -0.1) is 11.3 Å². The number of rotatable bonds is 2. The van der Waals surface area contributed by atoms with Crippen molar-refractivity contribution in [3.05, 3.63) is 45.2 Å². The third-order valence-electron chi connectivity index (χ3n) is 2.67. The average Bonchev–Trinajstić information content (AvgIpc) is 2.60. The first-order valence-corrected chi connectivity index (χ1v) is 6.36. The quantitative estimate of drug-likeness (QED) is 0.896. The van der Waals surface area contributed by atoms with Crippen molar-refractivity contribution < 1.29 is 4.39 Å². The van der Waals surface area contributed by atoms with Crippen LogP contribution in [0.4, 0.5) is 9.52 Å². The van der Waals surface area contributed by atoms with Gasteiger partial charge in [-0.05, 0) is 30.7 Å². The maximum Gasteiger partial charge on any atom is 0.180 e. The third-order valence-corrected chi connectivity index (χ3v) is 4.07. The SMILES string of the molecule is Cc1nc(N)sc1C(C)c1cc(Cl)ccc1F. The van der Waals surface area contributed by atoms with Gasteiger partial charge < -0.3 is 5.73 Å². The summed E-state index contributed by atoms with van der Waals surface area (Å²) in [5.74, 6) is -0.350. The van der Waals surface area contributed by atoms with Crippen LogP contribution in [0.25, 0.3) is 0 Å². The van der Waals surface area contributed by atoms with Crippen LogP contribution < -0.4 is 5.73 Å². The van der Waals surface area contributed by atoms with Crippen LogP contribution in [0.3, 0.4) is 0 Å². The van der Waals surface area contributed by atoms with E-state index in [0.29, 0.717) is 15.7 Å². The molecule has 0 aliphatic carbocycles. The number of nitrogens with two attached hydrogens (primary N) is 1. The fraction of sp³-hybridized carbons (Fsp3) is 0.250. The maximum absolute atomic E-state index is 13.7. The van der Waals surface area contributed by atoms with E-state index in [2.05, 4.69) is 4.98 Å². The summed E-state index contributed by atoms with van der Waals surface area (Å²) >= 11 is 7.28. The number of aryl methyl sites for hydroxylation is 1. The van der Waals surface area contributed by atoms with E-state index in [1.165, 1.54) is 17.4 Å². The van der Waals surface area contributed by atoms with E-state index in [9.17, 15) is 4.39 Å². The molecule has 2 nitrogen and oxygen atoms in total. The number of halogens is 2. The lowest BCUT2D eigenvalue weighted by Crippen LogP contribution is -1.99. The molecule has 1 atom stereocenters. The van der Waals surface area contributed by atoms with E-state index in [0.717, 1.165) is 10.6 Å². The molecule has 0 saturated carbocycles. The Kier molecular flexibility index (Phi) is 3.35. The second-order valence-corrected chi connectivity index (χ2v) is 5.39. The first kappa shape index (κ1) is 12.3. The van der Waals surface area contributed by atoms with Crippen LogP contribution in [-0.2, 0) is 0 Å². The molecule has 1 aromatic heterocycles. The van der Waals surface area contributed by atoms with Gasteiger partial charge in [0.1, 0.15) is 5.82 Å². The number of aromatic nitrogens is 1. The molecule has 0 amide bonds. The zero-order chi connectivity index (χ0) is 12.6. The smallest absolute Gasteiger partial charge is 0.180 e. The summed E-state index contributed by atoms with van der Waals surface area (Å²) in [6, 6.07) is 4.58. The van der Waals surface area contributed by atoms with Gasteiger partial charge >= 0.3 is 0 Å². The molecule has 1 aromatic carbocycles. The summed E-state index contributed by atoms with van der Waals surface area (Å²) in [6.07, 6.45) is 0. The molecule has 0 bridgehead atoms. The van der Waals surface area contributed by atoms with Crippen molar-refractivity contribution in [1.82, 2.24) is 4.98 Å². The van der Waals surface area contributed by atoms with Crippen LogP contribution in [-0.4, -0.2) is 4.98 Å². The molecule has 0 spiro atoms. The third kappa shape index (κ3) is 2.42. The van der Waals surface area contributed by atoms with E-state index in [1.807, 2.05) is 13.8 Å². The van der Waals surface area contributed by atoms with Crippen molar-refractivity contribution in [2.75, 3.05) is 5.73 Å². The van der Waals surface area contributed by atoms with E-state index >= 15 is 0 Å². The number of benzene rings is 1. The van der Waals surface area contributed by atoms with Crippen LogP contribution in [0.1, 0.15) is 29.0 Å². The fourth-order valence-electron chi connectivity index (χ4n) is 1.82. The van der Waals surface area contributed by atoms with Crippen molar-refractivity contribution in [1.29, 1.82) is 0 Å². The highest BCUT2D eigenvalue weighted by molar-refractivity contribution is 7.15. The normalized spacial score (nSPS) is 12.7. The van der Waals surface area contributed by atoms with Gasteiger partial charge in [-0.25, -0.2) is 9.37 Å². The Balaban J connectivity index is 2.46. The maximum atomic E-state index is 13.7. The summed E-state index contributed by atoms with van der Waals surface area (Å²) < 4.78 is 13.7. The second-order valence-electron chi connectivity index (χ2n) is 3.89. The van der Waals surface area contributed by atoms with E-state index in [1.54, 1.807) is 12.1 Å². The zero-order valence-electron chi connectivity index (χ0n) is 9.50. The number of thiazole rings is 1. The van der Waals surface area contributed by atoms with Gasteiger partial charge in [0.2, 0.25) is 0 Å². The highest BCUT2D eigenvalue weighted by atomic mass is 35.5. The first-order valence-electron chi connectivity index (χ1n) is 5.16. The highest BCUT2D eigenvalue weighted by Crippen LogP contribution is 2.34. The monoisotopic (exact) mass is 270 g/mol. The molecular weight excluding hydrogens is 259 g/mol. The van der Waals surface area contributed by atoms with Gasteiger partial charge in [-0.2, -0.15) is 0 Å². The topological polar surface area (TPSA) is 38.9 Å². The van der Waals surface area contributed by atoms with Crippen LogP contribution in [0.2, 0.25) is 5.02 Å². The number of hydrogen-bond donors (Lipinski definition) is 1. The predicted octanol–water partition coefficient (Wildman–Crippen LogP) is 3.98. The molecule has 0 aliphatic heterocycles. The molecule has 5 heteroatoms. The fourth-order valence-corrected chi connectivity index (χ4v) is 2.90. The average molecular weight is 271 g/mol. The minimum Gasteiger partial charge on any atom is -0.375 e. The second kappa shape index (κ2) is 4.63. The summed E-state index contributed by atoms with van der Waals surface area (Å²) in [5.41, 5.74) is 7.07. The lowest BCUT2D eigenvalue weighted by atomic mass is 9.98. The minimum atomic E-state index is -0.256. The van der Waals surface area contributed by atoms with E-state index < -0.39 is 0 Å². The van der Waals surface area contributed by atoms with Crippen LogP contribution in [0, 0.1) is 12.7 Å². The molecular formula is C12H12ClFN2S. The van der Waals surface area contributed by atoms with Crippen LogP contribution >= 0.6 is 22.9 Å². The lowest BCUT2D eigenvalue weighted by molar-refractivity contribution is 0.604. The molecule has 0 fully saturated rings. The Bertz CT molecular complexity index is 553. The number of nitrogens with zero attached hydrogens (tertiary/aromatic N) is 1. The number of nitrogen functional groups attached to an aromatic ring is 1. The first-order chi connectivity index (χ1) is 7.99. The Morgan fingerprint density at radius 1 is 1.47 bits per heavy atom. The molecule has 90 valence electrons. The van der Waals surface area contributed by atoms with Gasteiger partial charge in [0.15, 0.2) is 5.13 Å². The van der Waals surface area contributed by atoms with Gasteiger partial charge in [0, 0.05) is 15.8 Å². The number of hydrogen-bond acceptors (Lipinski definition) is 3. The minimum absolute atomic E-state index is 0.0940. The Morgan fingerprint density at radius 3 is 2.76 bits per heavy atom. The molecule has 1 unspecified atom stereocenters. The van der Waals surface area contributed by atoms with Crippen molar-refractivity contribution in [2.45, 2.75) is 19.8 Å². The predicted molar refractivity (Wildman–Crippen MR) is 70.2 cm³/mol. The van der Waals surface area contributed by atoms with Crippen LogP contribution in [0.5, 0.6) is 0 Å². The Morgan fingerprint density at radius 2 is 2.18 bits per heavy atom. The summed E-state index contributed by atoms with van der Waals surface area (Å²) in [5, 5.41) is 1.04. The van der Waals surface area contributed by atoms with Gasteiger partial charge in [0.05, 0.1) is 5.69 Å². The highest BCUT2D eigenvalue weighted by Gasteiger charge is 2.18. The molecule has 0 radical (unpaired) electrons. The van der Waals surface area contributed by atoms with Crippen molar-refractivity contribution in [2.24, 2.45) is 0 Å². The van der Waals surface area contributed by atoms with E-state index in [-0.39, 0.29) is 11.7 Å². The Labute approximate surface area is 108 Å². The summed E-state index contributed by atoms with van der Waals surface area (Å²) in [6.45, 7) is 3.80. The van der Waals surface area contributed by atoms with Gasteiger partial charge in [-0.3, -0.25) is 0 Å². The van der Waals surface area contributed by atoms with Crippen molar-refractivity contribution >= 4 is 28.1 Å². The lowest BCUT2D eigenvalue weighted by Gasteiger charge is -2.12. The summed E-state index contributed by atoms with van der Waals surface area (Å²) in [7, 11) is 0. The Hall–Kier alpha value is -1.13. The van der Waals surface area contributed by atoms with Gasteiger partial charge in [-0.1, -0.05) is 18.5 Å². The zero-order valence-corrected chi connectivity index (χ0v) is 11.1.